The third-order valence-electron chi connectivity index (χ3n) is 3.67. The van der Waals surface area contributed by atoms with Gasteiger partial charge in [0.15, 0.2) is 11.5 Å². The van der Waals surface area contributed by atoms with Crippen molar-refractivity contribution in [2.75, 3.05) is 20.0 Å². The summed E-state index contributed by atoms with van der Waals surface area (Å²) >= 11 is 0. The molecule has 0 aliphatic rings. The van der Waals surface area contributed by atoms with Crippen LogP contribution in [0.4, 0.5) is 5.69 Å². The number of rotatable bonds is 4. The third-order valence-corrected chi connectivity index (χ3v) is 3.67. The normalized spacial score (nSPS) is 10.0. The van der Waals surface area contributed by atoms with Gasteiger partial charge in [-0.3, -0.25) is 4.98 Å². The van der Waals surface area contributed by atoms with Crippen molar-refractivity contribution in [1.82, 2.24) is 4.98 Å². The lowest BCUT2D eigenvalue weighted by molar-refractivity contribution is 0.356. The van der Waals surface area contributed by atoms with Crippen LogP contribution in [-0.4, -0.2) is 19.2 Å². The van der Waals surface area contributed by atoms with Crippen LogP contribution in [0, 0.1) is 0 Å². The van der Waals surface area contributed by atoms with E-state index in [9.17, 15) is 0 Å². The molecule has 0 unspecified atom stereocenters. The third kappa shape index (κ3) is 4.76. The van der Waals surface area contributed by atoms with Crippen LogP contribution in [0.2, 0.25) is 0 Å². The van der Waals surface area contributed by atoms with Crippen LogP contribution in [0.25, 0.3) is 23.1 Å². The van der Waals surface area contributed by atoms with Crippen molar-refractivity contribution in [1.29, 1.82) is 0 Å². The molecule has 1 heterocycles. The molecule has 0 radical (unpaired) electrons. The monoisotopic (exact) mass is 356 g/mol. The molecular weight excluding hydrogens is 324 g/mol. The minimum absolute atomic E-state index is 0. The van der Waals surface area contributed by atoms with Gasteiger partial charge in [0, 0.05) is 26.2 Å². The lowest BCUT2D eigenvalue weighted by atomic mass is 10.1. The summed E-state index contributed by atoms with van der Waals surface area (Å²) in [7, 11) is 3.25. The summed E-state index contributed by atoms with van der Waals surface area (Å²) in [5.74, 6) is 1.36. The zero-order valence-corrected chi connectivity index (χ0v) is 15.1. The first kappa shape index (κ1) is 21.0. The molecule has 0 bridgehead atoms. The molecule has 26 heavy (non-hydrogen) atoms. The first-order chi connectivity index (χ1) is 12.2. The number of nitrogens with zero attached hydrogens (tertiary/aromatic N) is 1. The summed E-state index contributed by atoms with van der Waals surface area (Å²) in [6, 6.07) is 13.6. The Bertz CT molecular complexity index is 866. The van der Waals surface area contributed by atoms with Gasteiger partial charge in [0.05, 0.1) is 19.7 Å². The van der Waals surface area contributed by atoms with Gasteiger partial charge in [-0.15, -0.1) is 0 Å². The van der Waals surface area contributed by atoms with Gasteiger partial charge in [-0.1, -0.05) is 45.6 Å². The highest BCUT2D eigenvalue weighted by Crippen LogP contribution is 2.33. The Morgan fingerprint density at radius 2 is 1.54 bits per heavy atom. The van der Waals surface area contributed by atoms with E-state index < -0.39 is 0 Å². The molecule has 0 spiro atoms. The fraction of sp³-hybridized carbons (Fsp3) is 0.227. The van der Waals surface area contributed by atoms with E-state index >= 15 is 0 Å². The second-order valence-electron chi connectivity index (χ2n) is 5.12. The van der Waals surface area contributed by atoms with Gasteiger partial charge >= 0.3 is 0 Å². The lowest BCUT2D eigenvalue weighted by Crippen LogP contribution is -1.92. The van der Waals surface area contributed by atoms with Crippen molar-refractivity contribution < 1.29 is 12.3 Å². The van der Waals surface area contributed by atoms with E-state index in [2.05, 4.69) is 11.1 Å². The maximum absolute atomic E-state index is 5.71. The minimum Gasteiger partial charge on any atom is -0.493 e. The summed E-state index contributed by atoms with van der Waals surface area (Å²) in [5, 5.41) is 1.01. The zero-order chi connectivity index (χ0) is 18.2. The van der Waals surface area contributed by atoms with Crippen LogP contribution in [0.1, 0.15) is 35.3 Å². The fourth-order valence-corrected chi connectivity index (χ4v) is 2.43. The molecule has 3 rings (SSSR count). The van der Waals surface area contributed by atoms with Gasteiger partial charge in [0.1, 0.15) is 0 Å². The quantitative estimate of drug-likeness (QED) is 0.569. The van der Waals surface area contributed by atoms with Crippen LogP contribution >= 0.6 is 0 Å². The zero-order valence-electron chi connectivity index (χ0n) is 15.1. The number of nitrogen functional groups attached to an aromatic ring is 1. The summed E-state index contributed by atoms with van der Waals surface area (Å²) in [5.41, 5.74) is 9.48. The Hall–Kier alpha value is -3.01. The molecule has 0 saturated heterocycles. The number of anilines is 1. The van der Waals surface area contributed by atoms with Crippen LogP contribution in [0.5, 0.6) is 11.5 Å². The van der Waals surface area contributed by atoms with Crippen molar-refractivity contribution in [2.45, 2.75) is 21.3 Å². The topological polar surface area (TPSA) is 57.4 Å². The van der Waals surface area contributed by atoms with Crippen LogP contribution in [0.3, 0.4) is 0 Å². The predicted octanol–water partition coefficient (Wildman–Crippen LogP) is 6.16. The summed E-state index contributed by atoms with van der Waals surface area (Å²) in [6.45, 7) is 4.00. The van der Waals surface area contributed by atoms with Crippen molar-refractivity contribution in [3.8, 4) is 11.5 Å². The van der Waals surface area contributed by atoms with Crippen molar-refractivity contribution in [3.63, 3.8) is 0 Å². The Labute approximate surface area is 159 Å². The highest BCUT2D eigenvalue weighted by atomic mass is 16.5. The average Bonchev–Trinajstić information content (AvgIpc) is 2.68. The first-order valence-electron chi connectivity index (χ1n) is 8.25. The highest BCUT2D eigenvalue weighted by Gasteiger charge is 2.08. The van der Waals surface area contributed by atoms with Crippen molar-refractivity contribution in [2.24, 2.45) is 0 Å². The highest BCUT2D eigenvalue weighted by molar-refractivity contribution is 5.92. The van der Waals surface area contributed by atoms with E-state index in [0.29, 0.717) is 11.5 Å². The van der Waals surface area contributed by atoms with E-state index in [4.69, 9.17) is 15.2 Å². The number of hydrogen-bond donors (Lipinski definition) is 1. The molecule has 0 amide bonds. The molecule has 2 aromatic carbocycles. The summed E-state index contributed by atoms with van der Waals surface area (Å²) in [4.78, 5) is 4.41. The van der Waals surface area contributed by atoms with Crippen molar-refractivity contribution in [3.05, 3.63) is 59.8 Å². The standard InChI is InChI=1S/C19H18N2O2.C2H6.CH4.2H2/c1-22-18-11-16-14(6-3-13-4-7-15(20)8-5-13)9-10-21-17(16)12-19(18)23-2;1-2;;;/h3-12H,20H2,1-2H3;1-2H3;1H4;2*1H/b6-3-;;;;. The molecule has 0 fully saturated rings. The summed E-state index contributed by atoms with van der Waals surface area (Å²) < 4.78 is 10.7. The number of benzene rings is 2. The number of ether oxygens (including phenoxy) is 2. The molecule has 0 atom stereocenters. The average molecular weight is 357 g/mol. The van der Waals surface area contributed by atoms with E-state index in [0.717, 1.165) is 27.7 Å². The molecule has 1 aromatic heterocycles. The van der Waals surface area contributed by atoms with Gasteiger partial charge in [-0.2, -0.15) is 0 Å². The number of nitrogens with two attached hydrogens (primary N) is 1. The van der Waals surface area contributed by atoms with Gasteiger partial charge in [0.2, 0.25) is 0 Å². The second kappa shape index (κ2) is 10.1. The summed E-state index contributed by atoms with van der Waals surface area (Å²) in [6.07, 6.45) is 5.89. The second-order valence-corrected chi connectivity index (χ2v) is 5.12. The fourth-order valence-electron chi connectivity index (χ4n) is 2.43. The number of fused-ring (bicyclic) bond motifs is 1. The Morgan fingerprint density at radius 1 is 0.923 bits per heavy atom. The Morgan fingerprint density at radius 3 is 2.15 bits per heavy atom. The first-order valence-corrected chi connectivity index (χ1v) is 8.25. The largest absolute Gasteiger partial charge is 0.493 e. The van der Waals surface area contributed by atoms with Crippen LogP contribution < -0.4 is 15.2 Å². The van der Waals surface area contributed by atoms with Crippen LogP contribution in [0.15, 0.2) is 48.7 Å². The number of hydrogen-bond acceptors (Lipinski definition) is 4. The number of aromatic nitrogens is 1. The molecule has 0 aliphatic heterocycles. The maximum atomic E-state index is 5.71. The smallest absolute Gasteiger partial charge is 0.162 e. The van der Waals surface area contributed by atoms with E-state index in [1.807, 2.05) is 62.4 Å². The Kier molecular flexibility index (Phi) is 8.16. The molecule has 0 aliphatic carbocycles. The number of pyridine rings is 1. The predicted molar refractivity (Wildman–Crippen MR) is 117 cm³/mol. The van der Waals surface area contributed by atoms with Gasteiger partial charge in [-0.25, -0.2) is 0 Å². The Balaban J connectivity index is 0. The van der Waals surface area contributed by atoms with Gasteiger partial charge in [-0.05, 0) is 35.4 Å². The molecule has 4 nitrogen and oxygen atoms in total. The molecule has 4 heteroatoms. The van der Waals surface area contributed by atoms with Crippen LogP contribution in [-0.2, 0) is 0 Å². The van der Waals surface area contributed by atoms with Crippen molar-refractivity contribution >= 4 is 28.7 Å². The molecule has 142 valence electrons. The van der Waals surface area contributed by atoms with E-state index in [-0.39, 0.29) is 10.3 Å². The maximum Gasteiger partial charge on any atom is 0.162 e. The van der Waals surface area contributed by atoms with E-state index in [1.165, 1.54) is 0 Å². The lowest BCUT2D eigenvalue weighted by Gasteiger charge is -2.10. The van der Waals surface area contributed by atoms with Gasteiger partial charge in [0.25, 0.3) is 0 Å². The molecule has 3 aromatic rings. The SMILES string of the molecule is C.CC.COc1cc2nccc(/C=C\c3ccc(N)cc3)c2cc1OC.[HH].[HH]. The number of methoxy groups -OCH3 is 2. The molecule has 2 N–H and O–H groups in total. The van der Waals surface area contributed by atoms with Gasteiger partial charge < -0.3 is 15.2 Å². The van der Waals surface area contributed by atoms with E-state index in [1.54, 1.807) is 20.4 Å². The molecule has 0 saturated carbocycles. The minimum atomic E-state index is 0. The molecular formula is C22H32N2O2.